The number of aromatic nitrogens is 3. The molecule has 2 N–H and O–H groups in total. The molecular formula is C9H15N3O. The Kier molecular flexibility index (Phi) is 2.20. The van der Waals surface area contributed by atoms with Gasteiger partial charge in [0, 0.05) is 5.92 Å². The van der Waals surface area contributed by atoms with Crippen molar-refractivity contribution in [1.82, 2.24) is 15.2 Å². The van der Waals surface area contributed by atoms with Gasteiger partial charge in [-0.05, 0) is 12.3 Å². The molecule has 4 heteroatoms. The highest BCUT2D eigenvalue weighted by Gasteiger charge is 2.25. The molecular weight excluding hydrogens is 166 g/mol. The summed E-state index contributed by atoms with van der Waals surface area (Å²) >= 11 is 0. The van der Waals surface area contributed by atoms with E-state index in [9.17, 15) is 4.79 Å². The number of H-pyrrole nitrogens is 2. The number of nitrogens with zero attached hydrogens (tertiary/aromatic N) is 1. The minimum Gasteiger partial charge on any atom is -0.293 e. The number of aromatic amines is 2. The molecule has 0 saturated heterocycles. The van der Waals surface area contributed by atoms with Crippen molar-refractivity contribution in [3.05, 3.63) is 16.3 Å². The molecule has 1 aliphatic carbocycles. The Morgan fingerprint density at radius 3 is 2.77 bits per heavy atom. The molecule has 0 spiro atoms. The summed E-state index contributed by atoms with van der Waals surface area (Å²) in [4.78, 5) is 13.6. The lowest BCUT2D eigenvalue weighted by Gasteiger charge is -2.26. The van der Waals surface area contributed by atoms with Gasteiger partial charge in [-0.2, -0.15) is 5.10 Å². The highest BCUT2D eigenvalue weighted by Crippen LogP contribution is 2.35. The number of rotatable bonds is 1. The van der Waals surface area contributed by atoms with Crippen molar-refractivity contribution in [3.63, 3.8) is 0 Å². The van der Waals surface area contributed by atoms with Crippen LogP contribution in [0, 0.1) is 5.92 Å². The summed E-state index contributed by atoms with van der Waals surface area (Å²) in [6.45, 7) is 2.23. The number of hydrogen-bond acceptors (Lipinski definition) is 2. The van der Waals surface area contributed by atoms with Crippen molar-refractivity contribution >= 4 is 0 Å². The summed E-state index contributed by atoms with van der Waals surface area (Å²) in [5.74, 6) is 1.94. The van der Waals surface area contributed by atoms with Gasteiger partial charge in [-0.1, -0.05) is 26.2 Å². The fourth-order valence-corrected chi connectivity index (χ4v) is 2.18. The second-order valence-electron chi connectivity index (χ2n) is 3.93. The van der Waals surface area contributed by atoms with E-state index in [4.69, 9.17) is 0 Å². The molecule has 1 saturated carbocycles. The van der Waals surface area contributed by atoms with Gasteiger partial charge in [-0.3, -0.25) is 4.98 Å². The summed E-state index contributed by atoms with van der Waals surface area (Å²) < 4.78 is 0. The Labute approximate surface area is 76.8 Å². The van der Waals surface area contributed by atoms with Crippen molar-refractivity contribution < 1.29 is 0 Å². The molecule has 0 aromatic carbocycles. The SMILES string of the molecule is CC1CCCCC1c1n[nH]c(=O)[nH]1. The summed E-state index contributed by atoms with van der Waals surface area (Å²) in [7, 11) is 0. The first-order chi connectivity index (χ1) is 6.27. The van der Waals surface area contributed by atoms with Crippen molar-refractivity contribution in [3.8, 4) is 0 Å². The van der Waals surface area contributed by atoms with Crippen molar-refractivity contribution in [1.29, 1.82) is 0 Å². The van der Waals surface area contributed by atoms with Crippen LogP contribution in [0.25, 0.3) is 0 Å². The number of nitrogens with one attached hydrogen (secondary N) is 2. The first-order valence-electron chi connectivity index (χ1n) is 4.92. The Morgan fingerprint density at radius 2 is 2.15 bits per heavy atom. The van der Waals surface area contributed by atoms with E-state index >= 15 is 0 Å². The summed E-state index contributed by atoms with van der Waals surface area (Å²) in [5.41, 5.74) is -0.187. The molecule has 0 aliphatic heterocycles. The van der Waals surface area contributed by atoms with E-state index in [-0.39, 0.29) is 5.69 Å². The van der Waals surface area contributed by atoms with E-state index in [1.807, 2.05) is 0 Å². The molecule has 1 fully saturated rings. The van der Waals surface area contributed by atoms with Crippen LogP contribution in [-0.2, 0) is 0 Å². The molecule has 2 atom stereocenters. The fraction of sp³-hybridized carbons (Fsp3) is 0.778. The Balaban J connectivity index is 2.19. The monoisotopic (exact) mass is 181 g/mol. The van der Waals surface area contributed by atoms with Crippen LogP contribution in [0.4, 0.5) is 0 Å². The third kappa shape index (κ3) is 1.66. The van der Waals surface area contributed by atoms with Gasteiger partial charge < -0.3 is 0 Å². The fourth-order valence-electron chi connectivity index (χ4n) is 2.18. The maximum absolute atomic E-state index is 10.9. The number of hydrogen-bond donors (Lipinski definition) is 2. The zero-order valence-electron chi connectivity index (χ0n) is 7.84. The van der Waals surface area contributed by atoms with E-state index in [1.54, 1.807) is 0 Å². The van der Waals surface area contributed by atoms with Crippen molar-refractivity contribution in [2.75, 3.05) is 0 Å². The Morgan fingerprint density at radius 1 is 1.38 bits per heavy atom. The van der Waals surface area contributed by atoms with E-state index in [1.165, 1.54) is 19.3 Å². The highest BCUT2D eigenvalue weighted by atomic mass is 16.1. The average molecular weight is 181 g/mol. The largest absolute Gasteiger partial charge is 0.340 e. The molecule has 2 unspecified atom stereocenters. The molecule has 0 amide bonds. The van der Waals surface area contributed by atoms with Crippen LogP contribution in [-0.4, -0.2) is 15.2 Å². The maximum Gasteiger partial charge on any atom is 0.340 e. The van der Waals surface area contributed by atoms with E-state index in [2.05, 4.69) is 22.1 Å². The molecule has 4 nitrogen and oxygen atoms in total. The standard InChI is InChI=1S/C9H15N3O/c1-6-4-2-3-5-7(6)8-10-9(13)12-11-8/h6-7H,2-5H2,1H3,(H2,10,11,12,13). The maximum atomic E-state index is 10.9. The normalized spacial score (nSPS) is 29.0. The van der Waals surface area contributed by atoms with Crippen LogP contribution in [0.3, 0.4) is 0 Å². The zero-order chi connectivity index (χ0) is 9.26. The molecule has 1 aliphatic rings. The summed E-state index contributed by atoms with van der Waals surface area (Å²) in [6.07, 6.45) is 4.97. The van der Waals surface area contributed by atoms with Gasteiger partial charge in [0.15, 0.2) is 0 Å². The van der Waals surface area contributed by atoms with Gasteiger partial charge in [0.1, 0.15) is 5.82 Å². The van der Waals surface area contributed by atoms with Gasteiger partial charge in [0.2, 0.25) is 0 Å². The first-order valence-corrected chi connectivity index (χ1v) is 4.92. The molecule has 1 heterocycles. The third-order valence-corrected chi connectivity index (χ3v) is 2.98. The van der Waals surface area contributed by atoms with Gasteiger partial charge in [-0.15, -0.1) is 0 Å². The van der Waals surface area contributed by atoms with Gasteiger partial charge >= 0.3 is 5.69 Å². The minimum atomic E-state index is -0.187. The quantitative estimate of drug-likeness (QED) is 0.687. The van der Waals surface area contributed by atoms with E-state index < -0.39 is 0 Å². The van der Waals surface area contributed by atoms with Crippen LogP contribution in [0.1, 0.15) is 44.3 Å². The highest BCUT2D eigenvalue weighted by molar-refractivity contribution is 4.97. The summed E-state index contributed by atoms with van der Waals surface area (Å²) in [6, 6.07) is 0. The average Bonchev–Trinajstić information content (AvgIpc) is 2.53. The van der Waals surface area contributed by atoms with Gasteiger partial charge in [0.25, 0.3) is 0 Å². The smallest absolute Gasteiger partial charge is 0.293 e. The lowest BCUT2D eigenvalue weighted by molar-refractivity contribution is 0.320. The predicted molar refractivity (Wildman–Crippen MR) is 49.6 cm³/mol. The summed E-state index contributed by atoms with van der Waals surface area (Å²) in [5, 5.41) is 6.42. The molecule has 13 heavy (non-hydrogen) atoms. The zero-order valence-corrected chi connectivity index (χ0v) is 7.84. The minimum absolute atomic E-state index is 0.187. The Bertz CT molecular complexity index is 328. The molecule has 0 bridgehead atoms. The predicted octanol–water partition coefficient (Wildman–Crippen LogP) is 1.39. The first kappa shape index (κ1) is 8.53. The van der Waals surface area contributed by atoms with E-state index in [0.29, 0.717) is 11.8 Å². The third-order valence-electron chi connectivity index (χ3n) is 2.98. The second kappa shape index (κ2) is 3.36. The lowest BCUT2D eigenvalue weighted by Crippen LogP contribution is -2.16. The van der Waals surface area contributed by atoms with E-state index in [0.717, 1.165) is 12.2 Å². The van der Waals surface area contributed by atoms with Crippen molar-refractivity contribution in [2.24, 2.45) is 5.92 Å². The molecule has 72 valence electrons. The van der Waals surface area contributed by atoms with Crippen LogP contribution < -0.4 is 5.69 Å². The van der Waals surface area contributed by atoms with Crippen LogP contribution in [0.15, 0.2) is 4.79 Å². The molecule has 0 radical (unpaired) electrons. The molecule has 2 rings (SSSR count). The van der Waals surface area contributed by atoms with Crippen molar-refractivity contribution in [2.45, 2.75) is 38.5 Å². The molecule has 1 aromatic rings. The van der Waals surface area contributed by atoms with Crippen LogP contribution in [0.2, 0.25) is 0 Å². The topological polar surface area (TPSA) is 61.5 Å². The lowest BCUT2D eigenvalue weighted by atomic mass is 9.80. The van der Waals surface area contributed by atoms with Crippen LogP contribution in [0.5, 0.6) is 0 Å². The van der Waals surface area contributed by atoms with Crippen LogP contribution >= 0.6 is 0 Å². The second-order valence-corrected chi connectivity index (χ2v) is 3.93. The molecule has 1 aromatic heterocycles. The Hall–Kier alpha value is -1.06. The van der Waals surface area contributed by atoms with Gasteiger partial charge in [-0.25, -0.2) is 9.89 Å². The van der Waals surface area contributed by atoms with Gasteiger partial charge in [0.05, 0.1) is 0 Å².